The molecule has 3 heterocycles. The molecule has 0 fully saturated rings. The lowest BCUT2D eigenvalue weighted by molar-refractivity contribution is 0.0591. The average molecular weight is 428 g/mol. The van der Waals surface area contributed by atoms with E-state index in [9.17, 15) is 14.4 Å². The smallest absolute Gasteiger partial charge is 0.343 e. The number of rotatable bonds is 4. The molecule has 1 amide bonds. The fourth-order valence-corrected chi connectivity index (χ4v) is 3.83. The Kier molecular flexibility index (Phi) is 5.58. The normalized spacial score (nSPS) is 14.8. The number of hydrogen-bond donors (Lipinski definition) is 0. The standard InChI is InChI=1S/C22H24N2O7/c1-13(2)31-18-11-19(25)24-9-8-23(7-6-15(24)20(18)22(27)28-3)21(26)14-4-5-16-17(10-14)30-12-29-16/h4-5,10-11,13H,6-9,12H2,1-3H3. The second-order valence-corrected chi connectivity index (χ2v) is 7.59. The van der Waals surface area contributed by atoms with Gasteiger partial charge in [0, 0.05) is 43.4 Å². The zero-order valence-electron chi connectivity index (χ0n) is 17.7. The largest absolute Gasteiger partial charge is 0.490 e. The van der Waals surface area contributed by atoms with Gasteiger partial charge in [-0.25, -0.2) is 4.79 Å². The van der Waals surface area contributed by atoms with E-state index >= 15 is 0 Å². The fraction of sp³-hybridized carbons (Fsp3) is 0.409. The van der Waals surface area contributed by atoms with E-state index in [1.165, 1.54) is 17.7 Å². The first-order chi connectivity index (χ1) is 14.9. The summed E-state index contributed by atoms with van der Waals surface area (Å²) in [5, 5.41) is 0. The lowest BCUT2D eigenvalue weighted by Gasteiger charge is -2.20. The van der Waals surface area contributed by atoms with E-state index in [2.05, 4.69) is 0 Å². The molecule has 9 heteroatoms. The highest BCUT2D eigenvalue weighted by molar-refractivity contribution is 5.95. The van der Waals surface area contributed by atoms with E-state index < -0.39 is 5.97 Å². The van der Waals surface area contributed by atoms with Gasteiger partial charge in [0.05, 0.1) is 13.2 Å². The predicted octanol–water partition coefficient (Wildman–Crippen LogP) is 1.85. The fourth-order valence-electron chi connectivity index (χ4n) is 3.83. The quantitative estimate of drug-likeness (QED) is 0.686. The summed E-state index contributed by atoms with van der Waals surface area (Å²) in [6.07, 6.45) is 0.0892. The molecule has 0 saturated heterocycles. The van der Waals surface area contributed by atoms with Crippen molar-refractivity contribution in [1.82, 2.24) is 9.47 Å². The Bertz CT molecular complexity index is 1090. The number of carbonyl (C=O) groups excluding carboxylic acids is 2. The van der Waals surface area contributed by atoms with Crippen LogP contribution in [-0.2, 0) is 17.7 Å². The number of aromatic nitrogens is 1. The van der Waals surface area contributed by atoms with Crippen LogP contribution in [0.25, 0.3) is 0 Å². The number of esters is 1. The lowest BCUT2D eigenvalue weighted by atomic mass is 10.1. The molecule has 1 aromatic heterocycles. The molecule has 31 heavy (non-hydrogen) atoms. The Hall–Kier alpha value is -3.49. The average Bonchev–Trinajstić information content (AvgIpc) is 3.10. The minimum Gasteiger partial charge on any atom is -0.490 e. The molecule has 0 unspecified atom stereocenters. The highest BCUT2D eigenvalue weighted by atomic mass is 16.7. The maximum Gasteiger partial charge on any atom is 0.343 e. The van der Waals surface area contributed by atoms with Crippen molar-refractivity contribution >= 4 is 11.9 Å². The molecule has 0 spiro atoms. The van der Waals surface area contributed by atoms with Crippen LogP contribution in [-0.4, -0.2) is 54.4 Å². The van der Waals surface area contributed by atoms with Crippen molar-refractivity contribution in [2.75, 3.05) is 27.0 Å². The third-order valence-corrected chi connectivity index (χ3v) is 5.25. The van der Waals surface area contributed by atoms with Crippen molar-refractivity contribution < 1.29 is 28.5 Å². The highest BCUT2D eigenvalue weighted by Gasteiger charge is 2.28. The molecule has 2 aromatic rings. The van der Waals surface area contributed by atoms with Gasteiger partial charge in [-0.2, -0.15) is 0 Å². The molecule has 0 atom stereocenters. The van der Waals surface area contributed by atoms with Crippen LogP contribution in [0.1, 0.15) is 40.3 Å². The molecule has 0 aliphatic carbocycles. The van der Waals surface area contributed by atoms with Gasteiger partial charge >= 0.3 is 5.97 Å². The molecule has 0 radical (unpaired) electrons. The van der Waals surface area contributed by atoms with Crippen molar-refractivity contribution in [3.63, 3.8) is 0 Å². The second-order valence-electron chi connectivity index (χ2n) is 7.59. The number of nitrogens with zero attached hydrogens (tertiary/aromatic N) is 2. The zero-order valence-corrected chi connectivity index (χ0v) is 17.7. The van der Waals surface area contributed by atoms with Crippen LogP contribution >= 0.6 is 0 Å². The molecule has 164 valence electrons. The van der Waals surface area contributed by atoms with Gasteiger partial charge in [-0.1, -0.05) is 0 Å². The monoisotopic (exact) mass is 428 g/mol. The first kappa shape index (κ1) is 20.8. The predicted molar refractivity (Wildman–Crippen MR) is 110 cm³/mol. The van der Waals surface area contributed by atoms with Crippen LogP contribution in [0.2, 0.25) is 0 Å². The molecule has 0 N–H and O–H groups in total. The maximum atomic E-state index is 13.1. The number of carbonyl (C=O) groups is 2. The third kappa shape index (κ3) is 3.95. The SMILES string of the molecule is COC(=O)c1c(OC(C)C)cc(=O)n2c1CCN(C(=O)c1ccc3c(c1)OCO3)CC2. The van der Waals surface area contributed by atoms with E-state index in [-0.39, 0.29) is 42.2 Å². The summed E-state index contributed by atoms with van der Waals surface area (Å²) in [6, 6.07) is 6.36. The minimum atomic E-state index is -0.574. The topological polar surface area (TPSA) is 96.3 Å². The summed E-state index contributed by atoms with van der Waals surface area (Å²) < 4.78 is 22.9. The number of benzene rings is 1. The van der Waals surface area contributed by atoms with Gasteiger partial charge in [-0.3, -0.25) is 9.59 Å². The molecular formula is C22H24N2O7. The lowest BCUT2D eigenvalue weighted by Crippen LogP contribution is -2.34. The summed E-state index contributed by atoms with van der Waals surface area (Å²) in [5.74, 6) is 0.580. The Labute approximate surface area is 179 Å². The second kappa shape index (κ2) is 8.33. The third-order valence-electron chi connectivity index (χ3n) is 5.25. The van der Waals surface area contributed by atoms with Crippen molar-refractivity contribution in [3.8, 4) is 17.2 Å². The molecule has 2 aliphatic rings. The van der Waals surface area contributed by atoms with Gasteiger partial charge in [0.1, 0.15) is 11.3 Å². The number of fused-ring (bicyclic) bond motifs is 2. The van der Waals surface area contributed by atoms with Crippen LogP contribution in [0.4, 0.5) is 0 Å². The molecule has 4 rings (SSSR count). The molecular weight excluding hydrogens is 404 g/mol. The molecule has 0 bridgehead atoms. The van der Waals surface area contributed by atoms with Gasteiger partial charge < -0.3 is 28.4 Å². The van der Waals surface area contributed by atoms with E-state index in [1.807, 2.05) is 13.8 Å². The number of hydrogen-bond acceptors (Lipinski definition) is 7. The summed E-state index contributed by atoms with van der Waals surface area (Å²) in [6.45, 7) is 4.68. The summed E-state index contributed by atoms with van der Waals surface area (Å²) in [7, 11) is 1.29. The Balaban J connectivity index is 1.65. The first-order valence-corrected chi connectivity index (χ1v) is 10.1. The maximum absolute atomic E-state index is 13.1. The van der Waals surface area contributed by atoms with Gasteiger partial charge in [0.15, 0.2) is 11.5 Å². The summed E-state index contributed by atoms with van der Waals surface area (Å²) in [5.41, 5.74) is 0.930. The Morgan fingerprint density at radius 1 is 1.06 bits per heavy atom. The Morgan fingerprint density at radius 3 is 2.58 bits per heavy atom. The zero-order chi connectivity index (χ0) is 22.1. The van der Waals surface area contributed by atoms with Gasteiger partial charge in [0.25, 0.3) is 11.5 Å². The van der Waals surface area contributed by atoms with Gasteiger partial charge in [0.2, 0.25) is 6.79 Å². The first-order valence-electron chi connectivity index (χ1n) is 10.1. The van der Waals surface area contributed by atoms with E-state index in [1.54, 1.807) is 23.1 Å². The van der Waals surface area contributed by atoms with Crippen LogP contribution in [0.3, 0.4) is 0 Å². The van der Waals surface area contributed by atoms with Crippen molar-refractivity contribution in [3.05, 3.63) is 51.4 Å². The van der Waals surface area contributed by atoms with Crippen LogP contribution in [0.5, 0.6) is 17.2 Å². The number of ether oxygens (including phenoxy) is 4. The van der Waals surface area contributed by atoms with Crippen LogP contribution in [0, 0.1) is 0 Å². The minimum absolute atomic E-state index is 0.131. The Morgan fingerprint density at radius 2 is 1.84 bits per heavy atom. The number of pyridine rings is 1. The molecule has 2 aliphatic heterocycles. The van der Waals surface area contributed by atoms with Crippen molar-refractivity contribution in [2.45, 2.75) is 32.9 Å². The van der Waals surface area contributed by atoms with Crippen molar-refractivity contribution in [1.29, 1.82) is 0 Å². The van der Waals surface area contributed by atoms with E-state index in [0.29, 0.717) is 42.3 Å². The number of methoxy groups -OCH3 is 1. The molecule has 9 nitrogen and oxygen atoms in total. The van der Waals surface area contributed by atoms with Crippen LogP contribution in [0.15, 0.2) is 29.1 Å². The van der Waals surface area contributed by atoms with E-state index in [4.69, 9.17) is 18.9 Å². The molecule has 1 aromatic carbocycles. The van der Waals surface area contributed by atoms with Crippen LogP contribution < -0.4 is 19.8 Å². The van der Waals surface area contributed by atoms with E-state index in [0.717, 1.165) is 0 Å². The summed E-state index contributed by atoms with van der Waals surface area (Å²) in [4.78, 5) is 40.0. The van der Waals surface area contributed by atoms with Gasteiger partial charge in [-0.05, 0) is 32.0 Å². The number of amides is 1. The van der Waals surface area contributed by atoms with Crippen molar-refractivity contribution in [2.24, 2.45) is 0 Å². The molecule has 0 saturated carbocycles. The highest BCUT2D eigenvalue weighted by Crippen LogP contribution is 2.33. The van der Waals surface area contributed by atoms with Gasteiger partial charge in [-0.15, -0.1) is 0 Å². The summed E-state index contributed by atoms with van der Waals surface area (Å²) >= 11 is 0.